The smallest absolute Gasteiger partial charge is 0.159 e. The normalized spacial score (nSPS) is 12.9. The number of hydrogen-bond donors (Lipinski definition) is 0. The SMILES string of the molecule is C[Si]1(C)c2ccccc2-c2c(-c3ccccc3)nc(-c3cccc(-c4cccc(-c5nc6ccccc6nc5-c5ccccc5)c4)c3)nc21. The number of hydrogen-bond acceptors (Lipinski definition) is 4. The molecule has 0 radical (unpaired) electrons. The molecular formula is C44H32N4Si. The topological polar surface area (TPSA) is 51.6 Å². The lowest BCUT2D eigenvalue weighted by Crippen LogP contribution is -2.50. The molecule has 0 aliphatic carbocycles. The molecule has 4 nitrogen and oxygen atoms in total. The van der Waals surface area contributed by atoms with Crippen molar-refractivity contribution in [1.82, 2.24) is 19.9 Å². The third-order valence-corrected chi connectivity index (χ3v) is 13.0. The van der Waals surface area contributed by atoms with E-state index in [1.54, 1.807) is 0 Å². The van der Waals surface area contributed by atoms with Crippen LogP contribution in [0.15, 0.2) is 158 Å². The molecule has 1 aliphatic heterocycles. The largest absolute Gasteiger partial charge is 0.244 e. The van der Waals surface area contributed by atoms with Gasteiger partial charge in [-0.1, -0.05) is 147 Å². The zero-order chi connectivity index (χ0) is 33.0. The fraction of sp³-hybridized carbons (Fsp3) is 0.0455. The summed E-state index contributed by atoms with van der Waals surface area (Å²) in [6, 6.07) is 54.9. The summed E-state index contributed by atoms with van der Waals surface area (Å²) in [6.45, 7) is 4.81. The van der Waals surface area contributed by atoms with Gasteiger partial charge in [0.2, 0.25) is 0 Å². The van der Waals surface area contributed by atoms with Crippen LogP contribution in [-0.2, 0) is 0 Å². The Morgan fingerprint density at radius 1 is 0.388 bits per heavy atom. The Balaban J connectivity index is 1.18. The van der Waals surface area contributed by atoms with Gasteiger partial charge in [-0.25, -0.2) is 19.9 Å². The zero-order valence-electron chi connectivity index (χ0n) is 27.3. The molecule has 0 bridgehead atoms. The van der Waals surface area contributed by atoms with Gasteiger partial charge in [0.05, 0.1) is 28.1 Å². The zero-order valence-corrected chi connectivity index (χ0v) is 28.3. The van der Waals surface area contributed by atoms with E-state index in [0.717, 1.165) is 67.3 Å². The minimum atomic E-state index is -2.05. The van der Waals surface area contributed by atoms with Crippen molar-refractivity contribution in [3.8, 4) is 67.4 Å². The highest BCUT2D eigenvalue weighted by Gasteiger charge is 2.41. The summed E-state index contributed by atoms with van der Waals surface area (Å²) in [5, 5.41) is 2.62. The van der Waals surface area contributed by atoms with E-state index in [9.17, 15) is 0 Å². The summed E-state index contributed by atoms with van der Waals surface area (Å²) in [7, 11) is -2.05. The second-order valence-electron chi connectivity index (χ2n) is 13.1. The van der Waals surface area contributed by atoms with Crippen LogP contribution in [0, 0.1) is 0 Å². The van der Waals surface area contributed by atoms with Crippen molar-refractivity contribution in [1.29, 1.82) is 0 Å². The van der Waals surface area contributed by atoms with Gasteiger partial charge < -0.3 is 0 Å². The Morgan fingerprint density at radius 2 is 0.878 bits per heavy atom. The summed E-state index contributed by atoms with van der Waals surface area (Å²) >= 11 is 0. The molecule has 0 saturated carbocycles. The van der Waals surface area contributed by atoms with Gasteiger partial charge in [-0.15, -0.1) is 0 Å². The van der Waals surface area contributed by atoms with Crippen molar-refractivity contribution in [2.45, 2.75) is 13.1 Å². The molecular weight excluding hydrogens is 613 g/mol. The molecule has 0 fully saturated rings. The van der Waals surface area contributed by atoms with E-state index >= 15 is 0 Å². The number of benzene rings is 6. The molecule has 0 N–H and O–H groups in total. The second kappa shape index (κ2) is 11.6. The summed E-state index contributed by atoms with van der Waals surface area (Å²) in [5.41, 5.74) is 13.3. The van der Waals surface area contributed by atoms with Crippen LogP contribution in [0.3, 0.4) is 0 Å². The van der Waals surface area contributed by atoms with Crippen LogP contribution >= 0.6 is 0 Å². The van der Waals surface area contributed by atoms with E-state index in [-0.39, 0.29) is 0 Å². The molecule has 49 heavy (non-hydrogen) atoms. The van der Waals surface area contributed by atoms with Gasteiger partial charge in [0, 0.05) is 33.1 Å². The predicted octanol–water partition coefficient (Wildman–Crippen LogP) is 9.56. The van der Waals surface area contributed by atoms with Crippen LogP contribution < -0.4 is 10.5 Å². The summed E-state index contributed by atoms with van der Waals surface area (Å²) in [4.78, 5) is 20.9. The van der Waals surface area contributed by atoms with Crippen molar-refractivity contribution in [3.63, 3.8) is 0 Å². The maximum absolute atomic E-state index is 5.38. The third kappa shape index (κ3) is 4.98. The number of para-hydroxylation sites is 2. The summed E-state index contributed by atoms with van der Waals surface area (Å²) < 4.78 is 0. The first-order valence-electron chi connectivity index (χ1n) is 16.7. The van der Waals surface area contributed by atoms with Crippen molar-refractivity contribution in [2.24, 2.45) is 0 Å². The Morgan fingerprint density at radius 3 is 1.55 bits per heavy atom. The van der Waals surface area contributed by atoms with Gasteiger partial charge in [-0.2, -0.15) is 0 Å². The van der Waals surface area contributed by atoms with Gasteiger partial charge in [0.15, 0.2) is 5.82 Å². The molecule has 3 heterocycles. The Hall–Kier alpha value is -6.04. The van der Waals surface area contributed by atoms with Crippen molar-refractivity contribution >= 4 is 29.6 Å². The first kappa shape index (κ1) is 29.1. The van der Waals surface area contributed by atoms with E-state index in [0.29, 0.717) is 0 Å². The molecule has 0 saturated heterocycles. The molecule has 232 valence electrons. The monoisotopic (exact) mass is 644 g/mol. The molecule has 9 rings (SSSR count). The molecule has 0 unspecified atom stereocenters. The molecule has 6 aromatic carbocycles. The number of nitrogens with zero attached hydrogens (tertiary/aromatic N) is 4. The van der Waals surface area contributed by atoms with E-state index in [1.165, 1.54) is 21.6 Å². The summed E-state index contributed by atoms with van der Waals surface area (Å²) in [6.07, 6.45) is 0. The molecule has 5 heteroatoms. The number of fused-ring (bicyclic) bond motifs is 4. The average Bonchev–Trinajstić information content (AvgIpc) is 3.40. The Kier molecular flexibility index (Phi) is 6.88. The highest BCUT2D eigenvalue weighted by molar-refractivity contribution is 7.03. The first-order chi connectivity index (χ1) is 24.0. The lowest BCUT2D eigenvalue weighted by molar-refractivity contribution is 1.21. The van der Waals surface area contributed by atoms with Crippen LogP contribution in [0.1, 0.15) is 0 Å². The minimum absolute atomic E-state index is 0.760. The number of aromatic nitrogens is 4. The average molecular weight is 645 g/mol. The maximum atomic E-state index is 5.38. The van der Waals surface area contributed by atoms with Crippen molar-refractivity contribution < 1.29 is 0 Å². The maximum Gasteiger partial charge on any atom is 0.159 e. The lowest BCUT2D eigenvalue weighted by Gasteiger charge is -2.19. The van der Waals surface area contributed by atoms with Gasteiger partial charge in [0.1, 0.15) is 8.07 Å². The van der Waals surface area contributed by atoms with E-state index in [4.69, 9.17) is 19.9 Å². The number of rotatable bonds is 5. The van der Waals surface area contributed by atoms with Gasteiger partial charge in [-0.05, 0) is 46.1 Å². The van der Waals surface area contributed by atoms with Crippen LogP contribution in [0.5, 0.6) is 0 Å². The second-order valence-corrected chi connectivity index (χ2v) is 17.4. The highest BCUT2D eigenvalue weighted by atomic mass is 28.3. The highest BCUT2D eigenvalue weighted by Crippen LogP contribution is 2.37. The van der Waals surface area contributed by atoms with E-state index in [2.05, 4.69) is 128 Å². The Labute approximate surface area is 286 Å². The molecule has 0 amide bonds. The molecule has 2 aromatic heterocycles. The summed E-state index contributed by atoms with van der Waals surface area (Å²) in [5.74, 6) is 0.760. The lowest BCUT2D eigenvalue weighted by atomic mass is 9.97. The predicted molar refractivity (Wildman–Crippen MR) is 204 cm³/mol. The molecule has 1 aliphatic rings. The van der Waals surface area contributed by atoms with Crippen LogP contribution in [0.4, 0.5) is 0 Å². The Bertz CT molecular complexity index is 2530. The van der Waals surface area contributed by atoms with Crippen LogP contribution in [0.2, 0.25) is 13.1 Å². The van der Waals surface area contributed by atoms with Crippen LogP contribution in [0.25, 0.3) is 78.4 Å². The van der Waals surface area contributed by atoms with E-state index < -0.39 is 8.07 Å². The van der Waals surface area contributed by atoms with Gasteiger partial charge >= 0.3 is 0 Å². The minimum Gasteiger partial charge on any atom is -0.244 e. The van der Waals surface area contributed by atoms with Gasteiger partial charge in [-0.3, -0.25) is 0 Å². The standard InChI is InChI=1S/C44H32N4Si/c1-49(2)38-26-12-9-23-35(38)39-40(29-15-5-3-6-16-29)47-43(48-44(39)49)34-22-14-20-32(28-34)31-19-13-21-33(27-31)42-41(30-17-7-4-8-18-30)45-36-24-10-11-25-37(36)46-42/h3-28H,1-2H3. The fourth-order valence-corrected chi connectivity index (χ4v) is 10.1. The fourth-order valence-electron chi connectivity index (χ4n) is 7.16. The first-order valence-corrected chi connectivity index (χ1v) is 19.7. The molecule has 8 aromatic rings. The quantitative estimate of drug-likeness (QED) is 0.175. The van der Waals surface area contributed by atoms with Crippen molar-refractivity contribution in [2.75, 3.05) is 0 Å². The molecule has 0 spiro atoms. The van der Waals surface area contributed by atoms with Gasteiger partial charge in [0.25, 0.3) is 0 Å². The third-order valence-electron chi connectivity index (χ3n) is 9.63. The van der Waals surface area contributed by atoms with E-state index in [1.807, 2.05) is 42.5 Å². The van der Waals surface area contributed by atoms with Crippen LogP contribution in [-0.4, -0.2) is 28.0 Å². The molecule has 0 atom stereocenters. The van der Waals surface area contributed by atoms with Crippen molar-refractivity contribution in [3.05, 3.63) is 158 Å².